The van der Waals surface area contributed by atoms with Crippen LogP contribution in [-0.4, -0.2) is 41.9 Å². The number of hydrogen-bond donors (Lipinski definition) is 1. The Kier molecular flexibility index (Phi) is 4.28. The predicted octanol–water partition coefficient (Wildman–Crippen LogP) is 0.382. The second-order valence-corrected chi connectivity index (χ2v) is 4.14. The van der Waals surface area contributed by atoms with Crippen molar-refractivity contribution in [3.63, 3.8) is 0 Å². The molecule has 1 N–H and O–H groups in total. The van der Waals surface area contributed by atoms with E-state index in [1.165, 1.54) is 6.92 Å². The van der Waals surface area contributed by atoms with Crippen LogP contribution in [0.2, 0.25) is 0 Å². The van der Waals surface area contributed by atoms with Crippen LogP contribution < -0.4 is 5.32 Å². The topological polar surface area (TPSA) is 81.7 Å². The highest BCUT2D eigenvalue weighted by atomic mass is 79.9. The number of carbonyl (C=O) groups excluding carboxylic acids is 3. The number of ketones is 1. The zero-order chi connectivity index (χ0) is 12.2. The van der Waals surface area contributed by atoms with Crippen LogP contribution in [0, 0.1) is 0 Å². The van der Waals surface area contributed by atoms with E-state index in [-0.39, 0.29) is 31.3 Å². The highest BCUT2D eigenvalue weighted by Crippen LogP contribution is 2.26. The lowest BCUT2D eigenvalue weighted by Crippen LogP contribution is -2.39. The van der Waals surface area contributed by atoms with E-state index in [4.69, 9.17) is 4.74 Å². The normalized spacial score (nSPS) is 23.5. The van der Waals surface area contributed by atoms with E-state index >= 15 is 0 Å². The lowest BCUT2D eigenvalue weighted by Gasteiger charge is -2.21. The van der Waals surface area contributed by atoms with Crippen LogP contribution in [0.25, 0.3) is 0 Å². The van der Waals surface area contributed by atoms with Crippen molar-refractivity contribution in [2.24, 2.45) is 0 Å². The summed E-state index contributed by atoms with van der Waals surface area (Å²) in [7, 11) is 0. The fourth-order valence-electron chi connectivity index (χ4n) is 1.27. The van der Waals surface area contributed by atoms with Gasteiger partial charge in [-0.05, 0) is 0 Å². The van der Waals surface area contributed by atoms with Crippen LogP contribution in [0.4, 0.5) is 4.79 Å². The smallest absolute Gasteiger partial charge is 0.430 e. The Morgan fingerprint density at radius 3 is 2.69 bits per heavy atom. The summed E-state index contributed by atoms with van der Waals surface area (Å²) >= 11 is 3.17. The number of alkyl halides is 1. The molecule has 1 atom stereocenters. The first-order valence-corrected chi connectivity index (χ1v) is 5.77. The average Bonchev–Trinajstić information content (AvgIpc) is 2.58. The van der Waals surface area contributed by atoms with Crippen molar-refractivity contribution in [3.8, 4) is 0 Å². The monoisotopic (exact) mass is 293 g/mol. The zero-order valence-electron chi connectivity index (χ0n) is 8.75. The predicted molar refractivity (Wildman–Crippen MR) is 57.3 cm³/mol. The minimum atomic E-state index is -0.938. The van der Waals surface area contributed by atoms with Gasteiger partial charge in [-0.1, -0.05) is 15.9 Å². The standard InChI is InChI=1S/C9H12BrNO5/c1-6(12)11-3-7(13)2-9(4-10)5-15-8(14)16-9/h2-5H2,1H3,(H,11,12). The first-order valence-electron chi connectivity index (χ1n) is 4.65. The zero-order valence-corrected chi connectivity index (χ0v) is 10.3. The number of rotatable bonds is 5. The van der Waals surface area contributed by atoms with E-state index < -0.39 is 11.8 Å². The fraction of sp³-hybridized carbons (Fsp3) is 0.667. The highest BCUT2D eigenvalue weighted by molar-refractivity contribution is 9.09. The second-order valence-electron chi connectivity index (χ2n) is 3.58. The van der Waals surface area contributed by atoms with Crippen molar-refractivity contribution >= 4 is 33.8 Å². The molecule has 1 saturated heterocycles. The van der Waals surface area contributed by atoms with Crippen LogP contribution in [0.5, 0.6) is 0 Å². The molecule has 1 amide bonds. The SMILES string of the molecule is CC(=O)NCC(=O)CC1(CBr)COC(=O)O1. The molecular weight excluding hydrogens is 282 g/mol. The number of amides is 1. The first kappa shape index (κ1) is 13.0. The summed E-state index contributed by atoms with van der Waals surface area (Å²) in [4.78, 5) is 32.9. The summed E-state index contributed by atoms with van der Waals surface area (Å²) in [6, 6.07) is 0. The quantitative estimate of drug-likeness (QED) is 0.585. The Morgan fingerprint density at radius 2 is 2.25 bits per heavy atom. The largest absolute Gasteiger partial charge is 0.509 e. The molecule has 90 valence electrons. The molecule has 0 spiro atoms. The van der Waals surface area contributed by atoms with Gasteiger partial charge in [0.15, 0.2) is 11.4 Å². The van der Waals surface area contributed by atoms with Crippen molar-refractivity contribution < 1.29 is 23.9 Å². The molecule has 0 saturated carbocycles. The first-order chi connectivity index (χ1) is 7.47. The maximum atomic E-state index is 11.5. The molecule has 1 aliphatic heterocycles. The van der Waals surface area contributed by atoms with Gasteiger partial charge in [0, 0.05) is 12.3 Å². The third kappa shape index (κ3) is 3.48. The van der Waals surface area contributed by atoms with Crippen molar-refractivity contribution in [1.82, 2.24) is 5.32 Å². The molecule has 0 aromatic rings. The molecule has 7 heteroatoms. The minimum absolute atomic E-state index is 0.0181. The molecule has 16 heavy (non-hydrogen) atoms. The molecule has 0 bridgehead atoms. The number of Topliss-reactive ketones (excluding diaryl/α,β-unsaturated/α-hetero) is 1. The van der Waals surface area contributed by atoms with Crippen molar-refractivity contribution in [2.45, 2.75) is 18.9 Å². The van der Waals surface area contributed by atoms with Gasteiger partial charge in [0.05, 0.1) is 13.0 Å². The van der Waals surface area contributed by atoms with Gasteiger partial charge in [0.25, 0.3) is 0 Å². The lowest BCUT2D eigenvalue weighted by molar-refractivity contribution is -0.125. The second kappa shape index (κ2) is 5.29. The summed E-state index contributed by atoms with van der Waals surface area (Å²) in [5, 5.41) is 2.70. The van der Waals surface area contributed by atoms with Crippen LogP contribution >= 0.6 is 15.9 Å². The van der Waals surface area contributed by atoms with Crippen molar-refractivity contribution in [3.05, 3.63) is 0 Å². The average molecular weight is 294 g/mol. The molecule has 1 rings (SSSR count). The van der Waals surface area contributed by atoms with Gasteiger partial charge in [0.2, 0.25) is 5.91 Å². The fourth-order valence-corrected chi connectivity index (χ4v) is 1.75. The van der Waals surface area contributed by atoms with Gasteiger partial charge in [0.1, 0.15) is 6.61 Å². The molecule has 0 radical (unpaired) electrons. The Balaban J connectivity index is 2.47. The number of ether oxygens (including phenoxy) is 2. The highest BCUT2D eigenvalue weighted by Gasteiger charge is 2.43. The van der Waals surface area contributed by atoms with E-state index in [0.29, 0.717) is 5.33 Å². The molecule has 6 nitrogen and oxygen atoms in total. The van der Waals surface area contributed by atoms with Gasteiger partial charge in [-0.15, -0.1) is 0 Å². The van der Waals surface area contributed by atoms with Gasteiger partial charge >= 0.3 is 6.16 Å². The van der Waals surface area contributed by atoms with Gasteiger partial charge in [-0.3, -0.25) is 9.59 Å². The number of cyclic esters (lactones) is 2. The van der Waals surface area contributed by atoms with E-state index in [1.54, 1.807) is 0 Å². The minimum Gasteiger partial charge on any atom is -0.430 e. The van der Waals surface area contributed by atoms with Crippen molar-refractivity contribution in [1.29, 1.82) is 0 Å². The van der Waals surface area contributed by atoms with Crippen molar-refractivity contribution in [2.75, 3.05) is 18.5 Å². The number of hydrogen-bond acceptors (Lipinski definition) is 5. The summed E-state index contributed by atoms with van der Waals surface area (Å²) in [5.41, 5.74) is -0.938. The van der Waals surface area contributed by atoms with E-state index in [0.717, 1.165) is 0 Å². The summed E-state index contributed by atoms with van der Waals surface area (Å²) in [6.45, 7) is 1.30. The Labute approximate surface area is 101 Å². The molecule has 1 heterocycles. The van der Waals surface area contributed by atoms with Crippen LogP contribution in [-0.2, 0) is 19.1 Å². The van der Waals surface area contributed by atoms with Gasteiger partial charge < -0.3 is 14.8 Å². The van der Waals surface area contributed by atoms with E-state index in [1.807, 2.05) is 0 Å². The molecule has 1 aliphatic rings. The molecule has 0 aliphatic carbocycles. The van der Waals surface area contributed by atoms with Crippen LogP contribution in [0.15, 0.2) is 0 Å². The Hall–Kier alpha value is -1.11. The molecule has 0 aromatic carbocycles. The Morgan fingerprint density at radius 1 is 1.56 bits per heavy atom. The maximum absolute atomic E-state index is 11.5. The van der Waals surface area contributed by atoms with E-state index in [2.05, 4.69) is 26.0 Å². The molecular formula is C9H12BrNO5. The Bertz CT molecular complexity index is 319. The molecule has 1 fully saturated rings. The third-order valence-electron chi connectivity index (χ3n) is 2.05. The summed E-state index contributed by atoms with van der Waals surface area (Å²) < 4.78 is 9.59. The summed E-state index contributed by atoms with van der Waals surface area (Å²) in [6.07, 6.45) is -0.753. The molecule has 1 unspecified atom stereocenters. The lowest BCUT2D eigenvalue weighted by atomic mass is 10.0. The van der Waals surface area contributed by atoms with Gasteiger partial charge in [-0.2, -0.15) is 0 Å². The van der Waals surface area contributed by atoms with Gasteiger partial charge in [-0.25, -0.2) is 4.79 Å². The van der Waals surface area contributed by atoms with Crippen LogP contribution in [0.1, 0.15) is 13.3 Å². The number of halogens is 1. The number of nitrogens with one attached hydrogen (secondary N) is 1. The maximum Gasteiger partial charge on any atom is 0.509 e. The van der Waals surface area contributed by atoms with Crippen LogP contribution in [0.3, 0.4) is 0 Å². The third-order valence-corrected chi connectivity index (χ3v) is 3.07. The van der Waals surface area contributed by atoms with E-state index in [9.17, 15) is 14.4 Å². The molecule has 0 aromatic heterocycles. The summed E-state index contributed by atoms with van der Waals surface area (Å²) in [5.74, 6) is -0.492. The number of carbonyl (C=O) groups is 3.